The van der Waals surface area contributed by atoms with Gasteiger partial charge in [-0.25, -0.2) is 18.5 Å². The number of rotatable bonds is 3. The number of hydrogen-bond donors (Lipinski definition) is 2. The first-order chi connectivity index (χ1) is 11.9. The lowest BCUT2D eigenvalue weighted by Gasteiger charge is -2.09. The Labute approximate surface area is 145 Å². The molecule has 0 spiro atoms. The molecule has 0 amide bonds. The molecule has 7 nitrogen and oxygen atoms in total. The van der Waals surface area contributed by atoms with E-state index in [0.717, 1.165) is 47.4 Å². The molecule has 0 radical (unpaired) electrons. The molecule has 3 heterocycles. The van der Waals surface area contributed by atoms with Crippen molar-refractivity contribution in [1.82, 2.24) is 14.5 Å². The van der Waals surface area contributed by atoms with Gasteiger partial charge >= 0.3 is 0 Å². The summed E-state index contributed by atoms with van der Waals surface area (Å²) in [5.41, 5.74) is 3.94. The molecule has 0 bridgehead atoms. The van der Waals surface area contributed by atoms with Crippen LogP contribution in [0.4, 0.5) is 5.95 Å². The fourth-order valence-corrected chi connectivity index (χ4v) is 3.61. The minimum Gasteiger partial charge on any atom is -0.354 e. The topological polar surface area (TPSA) is 103 Å². The number of aromatic nitrogens is 3. The van der Waals surface area contributed by atoms with Crippen molar-refractivity contribution < 1.29 is 8.42 Å². The third-order valence-electron chi connectivity index (χ3n) is 4.15. The van der Waals surface area contributed by atoms with Crippen LogP contribution in [0.15, 0.2) is 47.4 Å². The fourth-order valence-electron chi connectivity index (χ4n) is 3.05. The minimum atomic E-state index is -3.78. The summed E-state index contributed by atoms with van der Waals surface area (Å²) >= 11 is 0. The molecular formula is C17H17N5O2S. The second kappa shape index (κ2) is 5.68. The van der Waals surface area contributed by atoms with E-state index in [1.165, 1.54) is 6.07 Å². The number of hydrogen-bond acceptors (Lipinski definition) is 5. The monoisotopic (exact) mass is 355 g/mol. The number of nitrogens with one attached hydrogen (secondary N) is 1. The minimum absolute atomic E-state index is 0.0784. The Kier molecular flexibility index (Phi) is 3.59. The number of nitrogens with two attached hydrogens (primary N) is 1. The summed E-state index contributed by atoms with van der Waals surface area (Å²) in [7, 11) is -3.78. The zero-order valence-corrected chi connectivity index (χ0v) is 14.4. The fraction of sp³-hybridized carbons (Fsp3) is 0.176. The van der Waals surface area contributed by atoms with Gasteiger partial charge in [0.25, 0.3) is 0 Å². The van der Waals surface area contributed by atoms with Crippen molar-refractivity contribution in [3.63, 3.8) is 0 Å². The molecule has 0 saturated carbocycles. The average molecular weight is 355 g/mol. The van der Waals surface area contributed by atoms with Gasteiger partial charge in [0.2, 0.25) is 16.0 Å². The summed E-state index contributed by atoms with van der Waals surface area (Å²) in [6.45, 7) is 3.46. The summed E-state index contributed by atoms with van der Waals surface area (Å²) in [4.78, 5) is 9.32. The molecule has 0 aliphatic carbocycles. The van der Waals surface area contributed by atoms with Gasteiger partial charge < -0.3 is 9.88 Å². The van der Waals surface area contributed by atoms with Crippen LogP contribution in [0.3, 0.4) is 0 Å². The van der Waals surface area contributed by atoms with Crippen molar-refractivity contribution in [2.45, 2.75) is 18.4 Å². The van der Waals surface area contributed by atoms with E-state index in [-0.39, 0.29) is 4.90 Å². The second-order valence-corrected chi connectivity index (χ2v) is 7.51. The van der Waals surface area contributed by atoms with Crippen molar-refractivity contribution in [3.05, 3.63) is 48.2 Å². The van der Waals surface area contributed by atoms with Crippen LogP contribution in [0.5, 0.6) is 0 Å². The van der Waals surface area contributed by atoms with Crippen LogP contribution in [0.1, 0.15) is 5.69 Å². The van der Waals surface area contributed by atoms with Gasteiger partial charge in [-0.15, -0.1) is 0 Å². The summed E-state index contributed by atoms with van der Waals surface area (Å²) in [5, 5.41) is 8.53. The van der Waals surface area contributed by atoms with Crippen LogP contribution in [0.25, 0.3) is 22.6 Å². The van der Waals surface area contributed by atoms with E-state index in [1.54, 1.807) is 12.1 Å². The van der Waals surface area contributed by atoms with Crippen molar-refractivity contribution in [1.29, 1.82) is 0 Å². The molecular weight excluding hydrogens is 338 g/mol. The van der Waals surface area contributed by atoms with Crippen molar-refractivity contribution in [2.24, 2.45) is 5.14 Å². The Morgan fingerprint density at radius 1 is 1.16 bits per heavy atom. The number of sulfonamides is 1. The number of anilines is 1. The SMILES string of the molecule is Cc1cccc(-c2nc3n(c2-c2cccc(S(N)(=O)=O)c2)CCN3)n1. The van der Waals surface area contributed by atoms with E-state index in [9.17, 15) is 8.42 Å². The Balaban J connectivity index is 1.96. The standard InChI is InChI=1S/C17H17N5O2S/c1-11-4-2-7-14(20-11)15-16(22-9-8-19-17(22)21-15)12-5-3-6-13(10-12)25(18,23)24/h2-7,10H,8-9H2,1H3,(H,19,21)(H2,18,23,24). The second-order valence-electron chi connectivity index (χ2n) is 5.95. The lowest BCUT2D eigenvalue weighted by Crippen LogP contribution is -2.12. The van der Waals surface area contributed by atoms with E-state index in [0.29, 0.717) is 0 Å². The number of imidazole rings is 1. The van der Waals surface area contributed by atoms with Crippen LogP contribution in [-0.2, 0) is 16.6 Å². The van der Waals surface area contributed by atoms with Crippen molar-refractivity contribution in [3.8, 4) is 22.6 Å². The van der Waals surface area contributed by atoms with E-state index < -0.39 is 10.0 Å². The van der Waals surface area contributed by atoms with Gasteiger partial charge in [0.15, 0.2) is 0 Å². The van der Waals surface area contributed by atoms with Crippen molar-refractivity contribution in [2.75, 3.05) is 11.9 Å². The van der Waals surface area contributed by atoms with Crippen LogP contribution >= 0.6 is 0 Å². The lowest BCUT2D eigenvalue weighted by atomic mass is 10.1. The maximum atomic E-state index is 11.7. The third kappa shape index (κ3) is 2.79. The Morgan fingerprint density at radius 3 is 2.72 bits per heavy atom. The van der Waals surface area contributed by atoms with Gasteiger partial charge in [0.05, 0.1) is 16.3 Å². The molecule has 2 aromatic heterocycles. The molecule has 1 aliphatic heterocycles. The van der Waals surface area contributed by atoms with Gasteiger partial charge in [0.1, 0.15) is 5.69 Å². The van der Waals surface area contributed by atoms with E-state index in [1.807, 2.05) is 35.8 Å². The zero-order valence-electron chi connectivity index (χ0n) is 13.6. The molecule has 1 aromatic carbocycles. The predicted molar refractivity (Wildman–Crippen MR) is 95.5 cm³/mol. The molecule has 8 heteroatoms. The first-order valence-corrected chi connectivity index (χ1v) is 9.40. The molecule has 1 aliphatic rings. The highest BCUT2D eigenvalue weighted by molar-refractivity contribution is 7.89. The molecule has 25 heavy (non-hydrogen) atoms. The highest BCUT2D eigenvalue weighted by Crippen LogP contribution is 2.36. The Bertz CT molecular complexity index is 1070. The number of fused-ring (bicyclic) bond motifs is 1. The van der Waals surface area contributed by atoms with Gasteiger partial charge in [0, 0.05) is 24.3 Å². The van der Waals surface area contributed by atoms with Gasteiger partial charge in [-0.1, -0.05) is 18.2 Å². The highest BCUT2D eigenvalue weighted by atomic mass is 32.2. The Morgan fingerprint density at radius 2 is 1.96 bits per heavy atom. The molecule has 0 saturated heterocycles. The average Bonchev–Trinajstić information content (AvgIpc) is 3.14. The quantitative estimate of drug-likeness (QED) is 0.748. The molecule has 3 aromatic rings. The van der Waals surface area contributed by atoms with Gasteiger partial charge in [-0.3, -0.25) is 4.98 Å². The summed E-state index contributed by atoms with van der Waals surface area (Å²) in [6.07, 6.45) is 0. The number of pyridine rings is 1. The normalized spacial score (nSPS) is 13.5. The number of nitrogens with zero attached hydrogens (tertiary/aromatic N) is 3. The molecule has 128 valence electrons. The first-order valence-electron chi connectivity index (χ1n) is 7.85. The molecule has 0 fully saturated rings. The Hall–Kier alpha value is -2.71. The number of aryl methyl sites for hydroxylation is 1. The lowest BCUT2D eigenvalue weighted by molar-refractivity contribution is 0.598. The smallest absolute Gasteiger partial charge is 0.238 e. The molecule has 0 unspecified atom stereocenters. The number of benzene rings is 1. The summed E-state index contributed by atoms with van der Waals surface area (Å²) < 4.78 is 25.5. The maximum Gasteiger partial charge on any atom is 0.238 e. The highest BCUT2D eigenvalue weighted by Gasteiger charge is 2.24. The van der Waals surface area contributed by atoms with Gasteiger partial charge in [-0.2, -0.15) is 0 Å². The van der Waals surface area contributed by atoms with Crippen LogP contribution in [0, 0.1) is 6.92 Å². The van der Waals surface area contributed by atoms with Crippen LogP contribution < -0.4 is 10.5 Å². The van der Waals surface area contributed by atoms with E-state index >= 15 is 0 Å². The largest absolute Gasteiger partial charge is 0.354 e. The van der Waals surface area contributed by atoms with Gasteiger partial charge in [-0.05, 0) is 31.2 Å². The first kappa shape index (κ1) is 15.8. The third-order valence-corrected chi connectivity index (χ3v) is 5.06. The molecule has 0 atom stereocenters. The molecule has 3 N–H and O–H groups in total. The summed E-state index contributed by atoms with van der Waals surface area (Å²) in [6, 6.07) is 12.4. The number of primary sulfonamides is 1. The zero-order chi connectivity index (χ0) is 17.6. The predicted octanol–water partition coefficient (Wildman–Crippen LogP) is 1.99. The maximum absolute atomic E-state index is 11.7. The summed E-state index contributed by atoms with van der Waals surface area (Å²) in [5.74, 6) is 0.759. The van der Waals surface area contributed by atoms with E-state index in [2.05, 4.69) is 15.3 Å². The van der Waals surface area contributed by atoms with Crippen LogP contribution in [-0.4, -0.2) is 29.5 Å². The molecule has 4 rings (SSSR count). The van der Waals surface area contributed by atoms with Crippen LogP contribution in [0.2, 0.25) is 0 Å². The van der Waals surface area contributed by atoms with Crippen molar-refractivity contribution >= 4 is 16.0 Å². The van der Waals surface area contributed by atoms with E-state index in [4.69, 9.17) is 5.14 Å².